The van der Waals surface area contributed by atoms with E-state index >= 15 is 0 Å². The van der Waals surface area contributed by atoms with E-state index in [0.29, 0.717) is 16.3 Å². The number of benzene rings is 2. The second-order valence-electron chi connectivity index (χ2n) is 6.37. The standard InChI is InChI=1S/C22H19N3O3S/c1-13-16(8-9-18(20(13)23)28-14-6-4-3-5-7-14)25-17-10-11-24-21-15(17)12-19(29-21)22(26)27-2/h3-12H,23H2,1-2H3,(H,24,25). The van der Waals surface area contributed by atoms with E-state index in [1.54, 1.807) is 12.3 Å². The number of para-hydroxylation sites is 1. The number of anilines is 3. The van der Waals surface area contributed by atoms with Crippen LogP contribution in [0.5, 0.6) is 11.5 Å². The highest BCUT2D eigenvalue weighted by Gasteiger charge is 2.15. The monoisotopic (exact) mass is 405 g/mol. The van der Waals surface area contributed by atoms with Gasteiger partial charge in [-0.25, -0.2) is 9.78 Å². The molecule has 2 aromatic heterocycles. The zero-order valence-electron chi connectivity index (χ0n) is 15.9. The minimum atomic E-state index is -0.373. The number of carbonyl (C=O) groups excluding carboxylic acids is 1. The van der Waals surface area contributed by atoms with E-state index < -0.39 is 0 Å². The predicted octanol–water partition coefficient (Wildman–Crippen LogP) is 5.51. The van der Waals surface area contributed by atoms with Gasteiger partial charge in [0.2, 0.25) is 0 Å². The molecule has 4 rings (SSSR count). The molecule has 0 aliphatic heterocycles. The Balaban J connectivity index is 1.65. The van der Waals surface area contributed by atoms with Gasteiger partial charge in [0.05, 0.1) is 18.5 Å². The van der Waals surface area contributed by atoms with Gasteiger partial charge in [-0.1, -0.05) is 18.2 Å². The maximum Gasteiger partial charge on any atom is 0.348 e. The van der Waals surface area contributed by atoms with Crippen molar-refractivity contribution in [3.05, 3.63) is 71.2 Å². The largest absolute Gasteiger partial charge is 0.465 e. The maximum absolute atomic E-state index is 11.8. The molecule has 29 heavy (non-hydrogen) atoms. The molecular formula is C22H19N3O3S. The maximum atomic E-state index is 11.8. The summed E-state index contributed by atoms with van der Waals surface area (Å²) in [6.45, 7) is 1.93. The number of nitrogens with one attached hydrogen (secondary N) is 1. The van der Waals surface area contributed by atoms with Gasteiger partial charge < -0.3 is 20.5 Å². The van der Waals surface area contributed by atoms with Gasteiger partial charge in [0.15, 0.2) is 5.75 Å². The Morgan fingerprint density at radius 1 is 1.10 bits per heavy atom. The molecule has 0 radical (unpaired) electrons. The first-order valence-corrected chi connectivity index (χ1v) is 9.74. The molecular weight excluding hydrogens is 386 g/mol. The summed E-state index contributed by atoms with van der Waals surface area (Å²) >= 11 is 1.30. The number of hydrogen-bond donors (Lipinski definition) is 2. The molecule has 6 nitrogen and oxygen atoms in total. The fraction of sp³-hybridized carbons (Fsp3) is 0.0909. The number of aromatic nitrogens is 1. The lowest BCUT2D eigenvalue weighted by Crippen LogP contribution is -2.00. The van der Waals surface area contributed by atoms with E-state index in [9.17, 15) is 4.79 Å². The fourth-order valence-electron chi connectivity index (χ4n) is 2.94. The Kier molecular flexibility index (Phi) is 5.05. The molecule has 0 bridgehead atoms. The van der Waals surface area contributed by atoms with Gasteiger partial charge in [0.25, 0.3) is 0 Å². The Labute approximate surface area is 171 Å². The molecule has 0 spiro atoms. The van der Waals surface area contributed by atoms with Crippen molar-refractivity contribution in [1.82, 2.24) is 4.98 Å². The van der Waals surface area contributed by atoms with Gasteiger partial charge in [-0.05, 0) is 48.9 Å². The summed E-state index contributed by atoms with van der Waals surface area (Å²) in [6, 6.07) is 16.9. The molecule has 0 saturated heterocycles. The molecule has 3 N–H and O–H groups in total. The van der Waals surface area contributed by atoms with Crippen molar-refractivity contribution in [2.75, 3.05) is 18.2 Å². The highest BCUT2D eigenvalue weighted by atomic mass is 32.1. The minimum Gasteiger partial charge on any atom is -0.465 e. The van der Waals surface area contributed by atoms with Crippen LogP contribution in [-0.4, -0.2) is 18.1 Å². The highest BCUT2D eigenvalue weighted by Crippen LogP contribution is 2.37. The molecule has 2 heterocycles. The molecule has 7 heteroatoms. The van der Waals surface area contributed by atoms with E-state index in [2.05, 4.69) is 10.3 Å². The van der Waals surface area contributed by atoms with Gasteiger partial charge >= 0.3 is 5.97 Å². The number of nitrogens with zero attached hydrogens (tertiary/aromatic N) is 1. The van der Waals surface area contributed by atoms with Crippen LogP contribution in [0.2, 0.25) is 0 Å². The van der Waals surface area contributed by atoms with Crippen molar-refractivity contribution < 1.29 is 14.3 Å². The van der Waals surface area contributed by atoms with Crippen LogP contribution in [-0.2, 0) is 4.74 Å². The Morgan fingerprint density at radius 3 is 2.66 bits per heavy atom. The van der Waals surface area contributed by atoms with Crippen molar-refractivity contribution in [3.63, 3.8) is 0 Å². The van der Waals surface area contributed by atoms with E-state index in [-0.39, 0.29) is 5.97 Å². The second-order valence-corrected chi connectivity index (χ2v) is 7.40. The average Bonchev–Trinajstić information content (AvgIpc) is 3.19. The van der Waals surface area contributed by atoms with E-state index in [4.69, 9.17) is 15.2 Å². The summed E-state index contributed by atoms with van der Waals surface area (Å²) in [5, 5.41) is 4.24. The fourth-order valence-corrected chi connectivity index (χ4v) is 3.88. The third kappa shape index (κ3) is 3.72. The van der Waals surface area contributed by atoms with Crippen LogP contribution < -0.4 is 15.8 Å². The number of thiophene rings is 1. The molecule has 2 aromatic carbocycles. The summed E-state index contributed by atoms with van der Waals surface area (Å²) in [5.41, 5.74) is 9.43. The van der Waals surface area contributed by atoms with E-state index in [1.165, 1.54) is 18.4 Å². The normalized spacial score (nSPS) is 10.7. The lowest BCUT2D eigenvalue weighted by Gasteiger charge is -2.15. The summed E-state index contributed by atoms with van der Waals surface area (Å²) in [6.07, 6.45) is 1.70. The number of rotatable bonds is 5. The number of fused-ring (bicyclic) bond motifs is 1. The molecule has 0 saturated carbocycles. The van der Waals surface area contributed by atoms with Crippen molar-refractivity contribution >= 4 is 44.6 Å². The molecule has 0 aliphatic carbocycles. The number of methoxy groups -OCH3 is 1. The molecule has 0 fully saturated rings. The number of carbonyl (C=O) groups is 1. The number of hydrogen-bond acceptors (Lipinski definition) is 7. The topological polar surface area (TPSA) is 86.5 Å². The summed E-state index contributed by atoms with van der Waals surface area (Å²) in [7, 11) is 1.37. The van der Waals surface area contributed by atoms with Gasteiger partial charge in [-0.3, -0.25) is 0 Å². The van der Waals surface area contributed by atoms with Crippen molar-refractivity contribution in [2.24, 2.45) is 0 Å². The van der Waals surface area contributed by atoms with Crippen molar-refractivity contribution in [2.45, 2.75) is 6.92 Å². The Hall–Kier alpha value is -3.58. The first-order chi connectivity index (χ1) is 14.1. The lowest BCUT2D eigenvalue weighted by atomic mass is 10.1. The summed E-state index contributed by atoms with van der Waals surface area (Å²) in [4.78, 5) is 17.5. The zero-order chi connectivity index (χ0) is 20.4. The smallest absolute Gasteiger partial charge is 0.348 e. The van der Waals surface area contributed by atoms with E-state index in [1.807, 2.05) is 55.5 Å². The third-order valence-electron chi connectivity index (χ3n) is 4.54. The molecule has 0 aliphatic rings. The predicted molar refractivity (Wildman–Crippen MR) is 116 cm³/mol. The quantitative estimate of drug-likeness (QED) is 0.336. The summed E-state index contributed by atoms with van der Waals surface area (Å²) in [5.74, 6) is 0.952. The molecule has 4 aromatic rings. The SMILES string of the molecule is COC(=O)c1cc2c(Nc3ccc(Oc4ccccc4)c(N)c3C)ccnc2s1. The second kappa shape index (κ2) is 7.81. The molecule has 0 atom stereocenters. The lowest BCUT2D eigenvalue weighted by molar-refractivity contribution is 0.0606. The zero-order valence-corrected chi connectivity index (χ0v) is 16.7. The summed E-state index contributed by atoms with van der Waals surface area (Å²) < 4.78 is 10.7. The Morgan fingerprint density at radius 2 is 1.90 bits per heavy atom. The van der Waals surface area contributed by atoms with Gasteiger partial charge in [0, 0.05) is 17.3 Å². The van der Waals surface area contributed by atoms with Crippen LogP contribution in [0, 0.1) is 6.92 Å². The Bertz CT molecular complexity index is 1190. The minimum absolute atomic E-state index is 0.373. The first kappa shape index (κ1) is 18.8. The van der Waals surface area contributed by atoms with Crippen LogP contribution in [0.4, 0.5) is 17.1 Å². The molecule has 146 valence electrons. The van der Waals surface area contributed by atoms with Crippen LogP contribution in [0.3, 0.4) is 0 Å². The molecule has 0 amide bonds. The van der Waals surface area contributed by atoms with Gasteiger partial charge in [-0.2, -0.15) is 0 Å². The first-order valence-electron chi connectivity index (χ1n) is 8.92. The van der Waals surface area contributed by atoms with Gasteiger partial charge in [0.1, 0.15) is 15.5 Å². The number of ether oxygens (including phenoxy) is 2. The number of nitrogen functional groups attached to an aromatic ring is 1. The highest BCUT2D eigenvalue weighted by molar-refractivity contribution is 7.20. The average molecular weight is 405 g/mol. The van der Waals surface area contributed by atoms with Crippen molar-refractivity contribution in [3.8, 4) is 11.5 Å². The van der Waals surface area contributed by atoms with E-state index in [0.717, 1.165) is 32.9 Å². The van der Waals surface area contributed by atoms with Crippen LogP contribution in [0.1, 0.15) is 15.2 Å². The van der Waals surface area contributed by atoms with Crippen molar-refractivity contribution in [1.29, 1.82) is 0 Å². The van der Waals surface area contributed by atoms with Crippen LogP contribution in [0.25, 0.3) is 10.2 Å². The molecule has 0 unspecified atom stereocenters. The van der Waals surface area contributed by atoms with Gasteiger partial charge in [-0.15, -0.1) is 11.3 Å². The number of esters is 1. The number of pyridine rings is 1. The third-order valence-corrected chi connectivity index (χ3v) is 5.56. The van der Waals surface area contributed by atoms with Crippen LogP contribution in [0.15, 0.2) is 60.8 Å². The number of nitrogens with two attached hydrogens (primary N) is 1. The van der Waals surface area contributed by atoms with Crippen LogP contribution >= 0.6 is 11.3 Å².